The van der Waals surface area contributed by atoms with E-state index in [1.165, 1.54) is 6.39 Å². The summed E-state index contributed by atoms with van der Waals surface area (Å²) in [6, 6.07) is 7.57. The van der Waals surface area contributed by atoms with Gasteiger partial charge in [-0.05, 0) is 43.4 Å². The molecule has 5 nitrogen and oxygen atoms in total. The molecule has 1 unspecified atom stereocenters. The van der Waals surface area contributed by atoms with Gasteiger partial charge in [-0.3, -0.25) is 4.79 Å². The fourth-order valence-corrected chi connectivity index (χ4v) is 3.00. The second-order valence-corrected chi connectivity index (χ2v) is 5.95. The molecule has 2 heterocycles. The Morgan fingerprint density at radius 3 is 2.86 bits per heavy atom. The number of aromatic nitrogens is 2. The third-order valence-electron chi connectivity index (χ3n) is 4.04. The summed E-state index contributed by atoms with van der Waals surface area (Å²) in [6.07, 6.45) is 5.52. The third kappa shape index (κ3) is 3.47. The van der Waals surface area contributed by atoms with Crippen LogP contribution in [-0.4, -0.2) is 27.5 Å². The van der Waals surface area contributed by atoms with Crippen LogP contribution in [0.1, 0.15) is 43.1 Å². The van der Waals surface area contributed by atoms with E-state index in [4.69, 9.17) is 16.1 Å². The molecule has 0 saturated carbocycles. The lowest BCUT2D eigenvalue weighted by Crippen LogP contribution is -2.39. The molecule has 1 aromatic carbocycles. The number of nitrogens with zero attached hydrogens (tertiary/aromatic N) is 3. The van der Waals surface area contributed by atoms with Gasteiger partial charge in [-0.1, -0.05) is 28.9 Å². The molecule has 1 aromatic heterocycles. The smallest absolute Gasteiger partial charge is 0.223 e. The Morgan fingerprint density at radius 1 is 1.32 bits per heavy atom. The van der Waals surface area contributed by atoms with Gasteiger partial charge in [0.25, 0.3) is 0 Å². The summed E-state index contributed by atoms with van der Waals surface area (Å²) in [5.41, 5.74) is 1.12. The summed E-state index contributed by atoms with van der Waals surface area (Å²) < 4.78 is 4.82. The van der Waals surface area contributed by atoms with Crippen LogP contribution >= 0.6 is 11.6 Å². The standard InChI is InChI=1S/C16H18ClN3O2/c17-13-7-4-12(5-8-13)6-9-15(21)20-10-2-1-3-14(20)16-18-11-22-19-16/h4-5,7-8,11,14H,1-3,6,9-10H2. The van der Waals surface area contributed by atoms with Gasteiger partial charge in [0.2, 0.25) is 12.3 Å². The molecule has 1 aliphatic rings. The highest BCUT2D eigenvalue weighted by atomic mass is 35.5. The van der Waals surface area contributed by atoms with Crippen LogP contribution in [0.25, 0.3) is 0 Å². The highest BCUT2D eigenvalue weighted by molar-refractivity contribution is 6.30. The van der Waals surface area contributed by atoms with Crippen molar-refractivity contribution in [2.24, 2.45) is 0 Å². The predicted molar refractivity (Wildman–Crippen MR) is 82.4 cm³/mol. The van der Waals surface area contributed by atoms with E-state index in [2.05, 4.69) is 10.1 Å². The maximum atomic E-state index is 12.6. The van der Waals surface area contributed by atoms with Crippen molar-refractivity contribution >= 4 is 17.5 Å². The molecule has 6 heteroatoms. The summed E-state index contributed by atoms with van der Waals surface area (Å²) in [4.78, 5) is 18.6. The van der Waals surface area contributed by atoms with Gasteiger partial charge in [-0.15, -0.1) is 0 Å². The molecule has 3 rings (SSSR count). The number of likely N-dealkylation sites (tertiary alicyclic amines) is 1. The summed E-state index contributed by atoms with van der Waals surface area (Å²) in [6.45, 7) is 0.763. The Labute approximate surface area is 134 Å². The number of rotatable bonds is 4. The van der Waals surface area contributed by atoms with Crippen molar-refractivity contribution in [1.82, 2.24) is 15.0 Å². The summed E-state index contributed by atoms with van der Waals surface area (Å²) in [5.74, 6) is 0.754. The van der Waals surface area contributed by atoms with E-state index in [1.54, 1.807) is 0 Å². The second-order valence-electron chi connectivity index (χ2n) is 5.51. The van der Waals surface area contributed by atoms with Crippen LogP contribution < -0.4 is 0 Å². The number of carbonyl (C=O) groups is 1. The molecule has 1 amide bonds. The van der Waals surface area contributed by atoms with Gasteiger partial charge in [0.1, 0.15) is 0 Å². The third-order valence-corrected chi connectivity index (χ3v) is 4.29. The molecule has 116 valence electrons. The number of halogens is 1. The van der Waals surface area contributed by atoms with E-state index in [1.807, 2.05) is 29.2 Å². The summed E-state index contributed by atoms with van der Waals surface area (Å²) >= 11 is 5.87. The topological polar surface area (TPSA) is 59.2 Å². The molecule has 0 radical (unpaired) electrons. The van der Waals surface area contributed by atoms with Gasteiger partial charge in [0.15, 0.2) is 5.82 Å². The number of hydrogen-bond donors (Lipinski definition) is 0. The molecular formula is C16H18ClN3O2. The SMILES string of the molecule is O=C(CCc1ccc(Cl)cc1)N1CCCCC1c1ncon1. The van der Waals surface area contributed by atoms with Crippen LogP contribution in [-0.2, 0) is 11.2 Å². The van der Waals surface area contributed by atoms with Gasteiger partial charge in [-0.2, -0.15) is 4.98 Å². The minimum absolute atomic E-state index is 0.0507. The van der Waals surface area contributed by atoms with Crippen molar-refractivity contribution in [1.29, 1.82) is 0 Å². The average molecular weight is 320 g/mol. The molecule has 0 N–H and O–H groups in total. The average Bonchev–Trinajstić information content (AvgIpc) is 3.08. The molecule has 1 aliphatic heterocycles. The fourth-order valence-electron chi connectivity index (χ4n) is 2.87. The number of benzene rings is 1. The van der Waals surface area contributed by atoms with Crippen molar-refractivity contribution in [3.05, 3.63) is 47.1 Å². The highest BCUT2D eigenvalue weighted by Gasteiger charge is 2.30. The second kappa shape index (κ2) is 6.92. The van der Waals surface area contributed by atoms with Crippen molar-refractivity contribution < 1.29 is 9.32 Å². The van der Waals surface area contributed by atoms with Gasteiger partial charge >= 0.3 is 0 Å². The van der Waals surface area contributed by atoms with Crippen molar-refractivity contribution in [3.8, 4) is 0 Å². The molecule has 1 atom stereocenters. The number of carbonyl (C=O) groups excluding carboxylic acids is 1. The lowest BCUT2D eigenvalue weighted by atomic mass is 10.00. The first-order chi connectivity index (χ1) is 10.7. The summed E-state index contributed by atoms with van der Waals surface area (Å²) in [5, 5.41) is 4.62. The Hall–Kier alpha value is -1.88. The molecule has 0 aliphatic carbocycles. The molecule has 0 bridgehead atoms. The van der Waals surface area contributed by atoms with Crippen molar-refractivity contribution in [2.45, 2.75) is 38.1 Å². The Balaban J connectivity index is 1.63. The largest absolute Gasteiger partial charge is 0.343 e. The van der Waals surface area contributed by atoms with E-state index >= 15 is 0 Å². The molecule has 0 spiro atoms. The Bertz CT molecular complexity index is 613. The van der Waals surface area contributed by atoms with Gasteiger partial charge in [0, 0.05) is 18.0 Å². The van der Waals surface area contributed by atoms with Crippen LogP contribution in [0.5, 0.6) is 0 Å². The number of piperidine rings is 1. The zero-order chi connectivity index (χ0) is 15.4. The monoisotopic (exact) mass is 319 g/mol. The lowest BCUT2D eigenvalue weighted by Gasteiger charge is -2.33. The van der Waals surface area contributed by atoms with Gasteiger partial charge in [0.05, 0.1) is 6.04 Å². The van der Waals surface area contributed by atoms with Gasteiger partial charge in [-0.25, -0.2) is 0 Å². The van der Waals surface area contributed by atoms with E-state index in [-0.39, 0.29) is 11.9 Å². The van der Waals surface area contributed by atoms with E-state index < -0.39 is 0 Å². The molecule has 2 aromatic rings. The van der Waals surface area contributed by atoms with Crippen molar-refractivity contribution in [3.63, 3.8) is 0 Å². The Morgan fingerprint density at radius 2 is 2.14 bits per heavy atom. The van der Waals surface area contributed by atoms with Crippen LogP contribution in [0.2, 0.25) is 5.02 Å². The van der Waals surface area contributed by atoms with Crippen LogP contribution in [0.15, 0.2) is 35.2 Å². The Kier molecular flexibility index (Phi) is 4.73. The number of amides is 1. The minimum atomic E-state index is -0.0507. The quantitative estimate of drug-likeness (QED) is 0.866. The zero-order valence-electron chi connectivity index (χ0n) is 12.2. The van der Waals surface area contributed by atoms with E-state index in [0.29, 0.717) is 23.7 Å². The minimum Gasteiger partial charge on any atom is -0.343 e. The van der Waals surface area contributed by atoms with E-state index in [0.717, 1.165) is 31.4 Å². The highest BCUT2D eigenvalue weighted by Crippen LogP contribution is 2.29. The summed E-state index contributed by atoms with van der Waals surface area (Å²) in [7, 11) is 0. The van der Waals surface area contributed by atoms with Crippen LogP contribution in [0.4, 0.5) is 0 Å². The first-order valence-corrected chi connectivity index (χ1v) is 7.92. The first-order valence-electron chi connectivity index (χ1n) is 7.54. The number of hydrogen-bond acceptors (Lipinski definition) is 4. The first kappa shape index (κ1) is 15.0. The normalized spacial score (nSPS) is 18.4. The number of aryl methyl sites for hydroxylation is 1. The maximum Gasteiger partial charge on any atom is 0.223 e. The molecule has 22 heavy (non-hydrogen) atoms. The molecule has 1 fully saturated rings. The maximum absolute atomic E-state index is 12.6. The molecule has 1 saturated heterocycles. The lowest BCUT2D eigenvalue weighted by molar-refractivity contribution is -0.135. The van der Waals surface area contributed by atoms with Gasteiger partial charge < -0.3 is 9.42 Å². The molecular weight excluding hydrogens is 302 g/mol. The van der Waals surface area contributed by atoms with Crippen LogP contribution in [0.3, 0.4) is 0 Å². The van der Waals surface area contributed by atoms with E-state index in [9.17, 15) is 4.79 Å². The van der Waals surface area contributed by atoms with Crippen LogP contribution in [0, 0.1) is 0 Å². The van der Waals surface area contributed by atoms with Crippen molar-refractivity contribution in [2.75, 3.05) is 6.54 Å². The fraction of sp³-hybridized carbons (Fsp3) is 0.438. The zero-order valence-corrected chi connectivity index (χ0v) is 13.0. The predicted octanol–water partition coefficient (Wildman–Crippen LogP) is 3.41.